The van der Waals surface area contributed by atoms with Gasteiger partial charge in [0.2, 0.25) is 0 Å². The molecule has 1 fully saturated rings. The van der Waals surface area contributed by atoms with Crippen molar-refractivity contribution in [2.45, 2.75) is 19.0 Å². The van der Waals surface area contributed by atoms with E-state index in [1.807, 2.05) is 53.6 Å². The standard InChI is InChI=1S/C22H22N4O2S/c1-2-28-19(27)15-26-21(20(24-22(26)29)17-11-6-7-13-23-17)18-12-8-14-25(18)16-9-4-3-5-10-16/h3-14,20-21H,2,15H2,1H3,(H,24,29). The third-order valence-electron chi connectivity index (χ3n) is 4.92. The topological polar surface area (TPSA) is 59.4 Å². The molecule has 7 heteroatoms. The van der Waals surface area contributed by atoms with Crippen molar-refractivity contribution in [3.8, 4) is 5.69 Å². The largest absolute Gasteiger partial charge is 0.465 e. The van der Waals surface area contributed by atoms with Crippen LogP contribution in [0, 0.1) is 0 Å². The Morgan fingerprint density at radius 2 is 1.93 bits per heavy atom. The Morgan fingerprint density at radius 3 is 2.66 bits per heavy atom. The van der Waals surface area contributed by atoms with E-state index in [9.17, 15) is 4.79 Å². The van der Waals surface area contributed by atoms with E-state index in [4.69, 9.17) is 17.0 Å². The summed E-state index contributed by atoms with van der Waals surface area (Å²) >= 11 is 5.60. The molecule has 6 nitrogen and oxygen atoms in total. The Balaban J connectivity index is 1.77. The minimum Gasteiger partial charge on any atom is -0.465 e. The van der Waals surface area contributed by atoms with Crippen LogP contribution in [0.15, 0.2) is 73.1 Å². The molecule has 29 heavy (non-hydrogen) atoms. The first-order chi connectivity index (χ1) is 14.2. The number of esters is 1. The minimum atomic E-state index is -0.305. The average Bonchev–Trinajstić information content (AvgIpc) is 3.34. The van der Waals surface area contributed by atoms with Gasteiger partial charge in [0.25, 0.3) is 0 Å². The van der Waals surface area contributed by atoms with Crippen molar-refractivity contribution in [3.05, 3.63) is 84.4 Å². The molecule has 2 atom stereocenters. The van der Waals surface area contributed by atoms with Crippen LogP contribution in [0.1, 0.15) is 30.4 Å². The monoisotopic (exact) mass is 406 g/mol. The van der Waals surface area contributed by atoms with Crippen LogP contribution in [-0.4, -0.2) is 38.7 Å². The van der Waals surface area contributed by atoms with Crippen LogP contribution >= 0.6 is 12.2 Å². The molecule has 1 N–H and O–H groups in total. The van der Waals surface area contributed by atoms with Crippen LogP contribution in [-0.2, 0) is 9.53 Å². The third-order valence-corrected chi connectivity index (χ3v) is 5.27. The maximum atomic E-state index is 12.3. The number of carbonyl (C=O) groups is 1. The molecule has 4 rings (SSSR count). The van der Waals surface area contributed by atoms with Crippen LogP contribution in [0.4, 0.5) is 0 Å². The highest BCUT2D eigenvalue weighted by Crippen LogP contribution is 2.39. The first-order valence-electron chi connectivity index (χ1n) is 9.55. The fourth-order valence-corrected chi connectivity index (χ4v) is 4.01. The van der Waals surface area contributed by atoms with E-state index in [1.165, 1.54) is 0 Å². The van der Waals surface area contributed by atoms with Gasteiger partial charge in [0, 0.05) is 23.8 Å². The smallest absolute Gasteiger partial charge is 0.325 e. The summed E-state index contributed by atoms with van der Waals surface area (Å²) < 4.78 is 7.30. The molecule has 0 amide bonds. The van der Waals surface area contributed by atoms with E-state index in [1.54, 1.807) is 13.1 Å². The fraction of sp³-hybridized carbons (Fsp3) is 0.227. The van der Waals surface area contributed by atoms with E-state index in [2.05, 4.69) is 33.1 Å². The van der Waals surface area contributed by atoms with Crippen LogP contribution in [0.3, 0.4) is 0 Å². The lowest BCUT2D eigenvalue weighted by molar-refractivity contribution is -0.143. The quantitative estimate of drug-likeness (QED) is 0.500. The van der Waals surface area contributed by atoms with E-state index in [0.29, 0.717) is 11.7 Å². The lowest BCUT2D eigenvalue weighted by Gasteiger charge is -2.28. The number of nitrogens with zero attached hydrogens (tertiary/aromatic N) is 3. The molecule has 3 aromatic rings. The predicted octanol–water partition coefficient (Wildman–Crippen LogP) is 3.41. The number of benzene rings is 1. The summed E-state index contributed by atoms with van der Waals surface area (Å²) in [6, 6.07) is 19.6. The zero-order chi connectivity index (χ0) is 20.2. The summed E-state index contributed by atoms with van der Waals surface area (Å²) in [5.41, 5.74) is 2.93. The van der Waals surface area contributed by atoms with Gasteiger partial charge in [-0.2, -0.15) is 0 Å². The molecule has 1 aliphatic rings. The Kier molecular flexibility index (Phi) is 5.57. The first kappa shape index (κ1) is 19.1. The fourth-order valence-electron chi connectivity index (χ4n) is 3.70. The molecule has 0 spiro atoms. The van der Waals surface area contributed by atoms with E-state index in [-0.39, 0.29) is 24.6 Å². The average molecular weight is 407 g/mol. The second kappa shape index (κ2) is 8.45. The molecule has 3 heterocycles. The van der Waals surface area contributed by atoms with Crippen molar-refractivity contribution < 1.29 is 9.53 Å². The normalized spacial score (nSPS) is 18.5. The summed E-state index contributed by atoms with van der Waals surface area (Å²) in [5.74, 6) is -0.305. The minimum absolute atomic E-state index is 0.0770. The second-order valence-corrected chi connectivity index (χ2v) is 7.08. The molecular formula is C22H22N4O2S. The third kappa shape index (κ3) is 3.86. The maximum absolute atomic E-state index is 12.3. The summed E-state index contributed by atoms with van der Waals surface area (Å²) in [5, 5.41) is 3.87. The molecule has 148 valence electrons. The number of hydrogen-bond acceptors (Lipinski definition) is 4. The SMILES string of the molecule is CCOC(=O)CN1C(=S)NC(c2ccccn2)C1c1cccn1-c1ccccc1. The van der Waals surface area contributed by atoms with Gasteiger partial charge in [-0.1, -0.05) is 24.3 Å². The zero-order valence-corrected chi connectivity index (χ0v) is 16.9. The molecule has 0 saturated carbocycles. The van der Waals surface area contributed by atoms with Crippen molar-refractivity contribution in [1.82, 2.24) is 19.8 Å². The number of ether oxygens (including phenoxy) is 1. The summed E-state index contributed by atoms with van der Waals surface area (Å²) in [6.07, 6.45) is 3.78. The highest BCUT2D eigenvalue weighted by molar-refractivity contribution is 7.80. The number of para-hydroxylation sites is 1. The maximum Gasteiger partial charge on any atom is 0.325 e. The van der Waals surface area contributed by atoms with Gasteiger partial charge in [0.15, 0.2) is 5.11 Å². The van der Waals surface area contributed by atoms with Gasteiger partial charge in [-0.05, 0) is 55.5 Å². The van der Waals surface area contributed by atoms with Gasteiger partial charge in [-0.15, -0.1) is 0 Å². The second-order valence-electron chi connectivity index (χ2n) is 6.70. The van der Waals surface area contributed by atoms with Crippen molar-refractivity contribution in [1.29, 1.82) is 0 Å². The van der Waals surface area contributed by atoms with Crippen molar-refractivity contribution in [3.63, 3.8) is 0 Å². The Hall–Kier alpha value is -3.19. The molecule has 1 aromatic carbocycles. The summed E-state index contributed by atoms with van der Waals surface area (Å²) in [7, 11) is 0. The lowest BCUT2D eigenvalue weighted by Crippen LogP contribution is -2.36. The number of rotatable bonds is 6. The molecule has 1 aliphatic heterocycles. The summed E-state index contributed by atoms with van der Waals surface area (Å²) in [6.45, 7) is 2.21. The van der Waals surface area contributed by atoms with Gasteiger partial charge in [-0.3, -0.25) is 9.78 Å². The van der Waals surface area contributed by atoms with E-state index < -0.39 is 0 Å². The number of nitrogens with one attached hydrogen (secondary N) is 1. The number of hydrogen-bond donors (Lipinski definition) is 1. The van der Waals surface area contributed by atoms with Gasteiger partial charge < -0.3 is 19.5 Å². The van der Waals surface area contributed by atoms with Gasteiger partial charge >= 0.3 is 5.97 Å². The molecular weight excluding hydrogens is 384 g/mol. The number of aromatic nitrogens is 2. The van der Waals surface area contributed by atoms with Crippen molar-refractivity contribution >= 4 is 23.3 Å². The summed E-state index contributed by atoms with van der Waals surface area (Å²) in [4.78, 5) is 18.7. The molecule has 1 saturated heterocycles. The van der Waals surface area contributed by atoms with Gasteiger partial charge in [-0.25, -0.2) is 0 Å². The number of thiocarbonyl (C=S) groups is 1. The van der Waals surface area contributed by atoms with Crippen LogP contribution in [0.25, 0.3) is 5.69 Å². The van der Waals surface area contributed by atoms with Crippen LogP contribution in [0.5, 0.6) is 0 Å². The molecule has 0 aliphatic carbocycles. The van der Waals surface area contributed by atoms with Gasteiger partial charge in [0.1, 0.15) is 6.54 Å². The zero-order valence-electron chi connectivity index (χ0n) is 16.1. The number of carbonyl (C=O) groups excluding carboxylic acids is 1. The predicted molar refractivity (Wildman–Crippen MR) is 115 cm³/mol. The van der Waals surface area contributed by atoms with Crippen molar-refractivity contribution in [2.75, 3.05) is 13.2 Å². The Labute approximate surface area is 175 Å². The highest BCUT2D eigenvalue weighted by atomic mass is 32.1. The highest BCUT2D eigenvalue weighted by Gasteiger charge is 2.42. The Bertz CT molecular complexity index is 990. The molecule has 2 unspecified atom stereocenters. The number of pyridine rings is 1. The lowest BCUT2D eigenvalue weighted by atomic mass is 10.0. The molecule has 2 aromatic heterocycles. The first-order valence-corrected chi connectivity index (χ1v) is 9.96. The van der Waals surface area contributed by atoms with Crippen LogP contribution < -0.4 is 5.32 Å². The van der Waals surface area contributed by atoms with E-state index >= 15 is 0 Å². The van der Waals surface area contributed by atoms with Crippen LogP contribution in [0.2, 0.25) is 0 Å². The Morgan fingerprint density at radius 1 is 1.14 bits per heavy atom. The van der Waals surface area contributed by atoms with Gasteiger partial charge in [0.05, 0.1) is 24.4 Å². The molecule has 0 radical (unpaired) electrons. The van der Waals surface area contributed by atoms with Crippen molar-refractivity contribution in [2.24, 2.45) is 0 Å². The van der Waals surface area contributed by atoms with E-state index in [0.717, 1.165) is 17.1 Å². The molecule has 0 bridgehead atoms.